The Morgan fingerprint density at radius 3 is 2.50 bits per heavy atom. The molecule has 20 heavy (non-hydrogen) atoms. The summed E-state index contributed by atoms with van der Waals surface area (Å²) in [5.41, 5.74) is 0.475. The first-order chi connectivity index (χ1) is 9.32. The van der Waals surface area contributed by atoms with Gasteiger partial charge in [0.15, 0.2) is 11.6 Å². The summed E-state index contributed by atoms with van der Waals surface area (Å²) in [6.07, 6.45) is 0. The molecule has 0 aliphatic carbocycles. The Morgan fingerprint density at radius 2 is 1.95 bits per heavy atom. The molecule has 0 aromatic heterocycles. The van der Waals surface area contributed by atoms with Crippen LogP contribution in [0.4, 0.5) is 8.78 Å². The van der Waals surface area contributed by atoms with E-state index in [0.717, 1.165) is 23.9 Å². The lowest BCUT2D eigenvalue weighted by molar-refractivity contribution is -0.133. The average molecular weight is 303 g/mol. The number of benzene rings is 1. The molecular formula is C13H15F2NO3S. The van der Waals surface area contributed by atoms with E-state index in [1.807, 2.05) is 0 Å². The summed E-state index contributed by atoms with van der Waals surface area (Å²) in [5, 5.41) is 8.49. The zero-order valence-electron chi connectivity index (χ0n) is 11.1. The van der Waals surface area contributed by atoms with Crippen molar-refractivity contribution in [3.63, 3.8) is 0 Å². The van der Waals surface area contributed by atoms with Crippen molar-refractivity contribution >= 4 is 23.6 Å². The molecule has 0 spiro atoms. The van der Waals surface area contributed by atoms with Crippen LogP contribution in [0.15, 0.2) is 18.2 Å². The van der Waals surface area contributed by atoms with E-state index in [-0.39, 0.29) is 17.4 Å². The molecule has 0 bridgehead atoms. The molecule has 1 atom stereocenters. The molecule has 0 aliphatic heterocycles. The van der Waals surface area contributed by atoms with E-state index in [0.29, 0.717) is 5.56 Å². The number of carbonyl (C=O) groups is 2. The van der Waals surface area contributed by atoms with Crippen molar-refractivity contribution in [2.75, 3.05) is 18.6 Å². The lowest BCUT2D eigenvalue weighted by Crippen LogP contribution is -2.31. The maximum Gasteiger partial charge on any atom is 0.313 e. The van der Waals surface area contributed by atoms with E-state index < -0.39 is 23.6 Å². The molecule has 1 amide bonds. The monoisotopic (exact) mass is 303 g/mol. The number of carbonyl (C=O) groups excluding carboxylic acids is 1. The summed E-state index contributed by atoms with van der Waals surface area (Å²) in [5.74, 6) is -3.29. The summed E-state index contributed by atoms with van der Waals surface area (Å²) in [6.45, 7) is 1.69. The number of amides is 1. The Bertz CT molecular complexity index is 510. The van der Waals surface area contributed by atoms with E-state index in [1.54, 1.807) is 6.92 Å². The number of carboxylic acids is 1. The second-order valence-electron chi connectivity index (χ2n) is 4.24. The normalized spacial score (nSPS) is 12.0. The van der Waals surface area contributed by atoms with Crippen LogP contribution in [0.3, 0.4) is 0 Å². The minimum absolute atomic E-state index is 0.0246. The van der Waals surface area contributed by atoms with Crippen molar-refractivity contribution in [1.82, 2.24) is 4.90 Å². The topological polar surface area (TPSA) is 57.6 Å². The van der Waals surface area contributed by atoms with E-state index >= 15 is 0 Å². The summed E-state index contributed by atoms with van der Waals surface area (Å²) in [6, 6.07) is 3.05. The summed E-state index contributed by atoms with van der Waals surface area (Å²) in [4.78, 5) is 23.6. The lowest BCUT2D eigenvalue weighted by atomic mass is 10.1. The van der Waals surface area contributed by atoms with Crippen LogP contribution in [0.2, 0.25) is 0 Å². The van der Waals surface area contributed by atoms with Crippen LogP contribution < -0.4 is 0 Å². The predicted molar refractivity (Wildman–Crippen MR) is 72.5 cm³/mol. The highest BCUT2D eigenvalue weighted by atomic mass is 32.2. The molecule has 0 aliphatic rings. The molecule has 4 nitrogen and oxygen atoms in total. The van der Waals surface area contributed by atoms with Gasteiger partial charge in [-0.15, -0.1) is 11.8 Å². The molecule has 110 valence electrons. The quantitative estimate of drug-likeness (QED) is 0.876. The van der Waals surface area contributed by atoms with Crippen LogP contribution in [0, 0.1) is 11.6 Å². The van der Waals surface area contributed by atoms with Gasteiger partial charge in [0.05, 0.1) is 17.5 Å². The van der Waals surface area contributed by atoms with E-state index in [1.165, 1.54) is 18.0 Å². The fraction of sp³-hybridized carbons (Fsp3) is 0.385. The standard InChI is InChI=1S/C13H15F2NO3S/c1-8(9-3-4-10(14)11(15)5-9)16(2)12(17)6-20-7-13(18)19/h3-5,8H,6-7H2,1-2H3,(H,18,19). The molecule has 7 heteroatoms. The lowest BCUT2D eigenvalue weighted by Gasteiger charge is -2.25. The Morgan fingerprint density at radius 1 is 1.30 bits per heavy atom. The number of halogens is 2. The zero-order chi connectivity index (χ0) is 15.3. The molecule has 0 saturated carbocycles. The Balaban J connectivity index is 2.65. The molecule has 1 N–H and O–H groups in total. The van der Waals surface area contributed by atoms with Crippen LogP contribution in [0.1, 0.15) is 18.5 Å². The van der Waals surface area contributed by atoms with E-state index in [4.69, 9.17) is 5.11 Å². The summed E-state index contributed by atoms with van der Waals surface area (Å²) in [7, 11) is 1.54. The maximum absolute atomic E-state index is 13.1. The number of aliphatic carboxylic acids is 1. The first kappa shape index (κ1) is 16.4. The van der Waals surface area contributed by atoms with Crippen LogP contribution in [0.5, 0.6) is 0 Å². The predicted octanol–water partition coefficient (Wildman–Crippen LogP) is 2.30. The smallest absolute Gasteiger partial charge is 0.313 e. The van der Waals surface area contributed by atoms with Gasteiger partial charge < -0.3 is 10.0 Å². The summed E-state index contributed by atoms with van der Waals surface area (Å²) < 4.78 is 26.0. The Kier molecular flexibility index (Phi) is 5.94. The number of rotatable bonds is 6. The number of thioether (sulfide) groups is 1. The average Bonchev–Trinajstić information content (AvgIpc) is 2.39. The number of hydrogen-bond acceptors (Lipinski definition) is 3. The van der Waals surface area contributed by atoms with Gasteiger partial charge in [-0.05, 0) is 24.6 Å². The van der Waals surface area contributed by atoms with Crippen molar-refractivity contribution < 1.29 is 23.5 Å². The van der Waals surface area contributed by atoms with E-state index in [2.05, 4.69) is 0 Å². The molecule has 1 aromatic rings. The van der Waals surface area contributed by atoms with Crippen LogP contribution >= 0.6 is 11.8 Å². The maximum atomic E-state index is 13.1. The highest BCUT2D eigenvalue weighted by Gasteiger charge is 2.18. The Labute approximate surface area is 119 Å². The zero-order valence-corrected chi connectivity index (χ0v) is 11.9. The van der Waals surface area contributed by atoms with Gasteiger partial charge in [-0.25, -0.2) is 8.78 Å². The number of hydrogen-bond donors (Lipinski definition) is 1. The first-order valence-electron chi connectivity index (χ1n) is 5.83. The number of nitrogens with zero attached hydrogens (tertiary/aromatic N) is 1. The molecule has 0 saturated heterocycles. The van der Waals surface area contributed by atoms with Gasteiger partial charge in [0.1, 0.15) is 0 Å². The second kappa shape index (κ2) is 7.23. The minimum Gasteiger partial charge on any atom is -0.481 e. The molecule has 0 radical (unpaired) electrons. The third-order valence-electron chi connectivity index (χ3n) is 2.85. The molecular weight excluding hydrogens is 288 g/mol. The molecule has 0 fully saturated rings. The summed E-state index contributed by atoms with van der Waals surface area (Å²) >= 11 is 0.991. The van der Waals surface area contributed by atoms with E-state index in [9.17, 15) is 18.4 Å². The van der Waals surface area contributed by atoms with Crippen LogP contribution in [0.25, 0.3) is 0 Å². The van der Waals surface area contributed by atoms with Crippen LogP contribution in [-0.2, 0) is 9.59 Å². The van der Waals surface area contributed by atoms with Gasteiger partial charge in [0, 0.05) is 7.05 Å². The first-order valence-corrected chi connectivity index (χ1v) is 6.98. The van der Waals surface area contributed by atoms with Crippen molar-refractivity contribution in [2.45, 2.75) is 13.0 Å². The number of carboxylic acid groups (broad SMARTS) is 1. The van der Waals surface area contributed by atoms with Crippen molar-refractivity contribution in [2.24, 2.45) is 0 Å². The SMILES string of the molecule is CC(c1ccc(F)c(F)c1)N(C)C(=O)CSCC(=O)O. The molecule has 1 aromatic carbocycles. The largest absolute Gasteiger partial charge is 0.481 e. The fourth-order valence-electron chi connectivity index (χ4n) is 1.54. The third-order valence-corrected chi connectivity index (χ3v) is 3.75. The van der Waals surface area contributed by atoms with Gasteiger partial charge in [0.25, 0.3) is 0 Å². The van der Waals surface area contributed by atoms with Crippen molar-refractivity contribution in [3.05, 3.63) is 35.4 Å². The second-order valence-corrected chi connectivity index (χ2v) is 5.23. The van der Waals surface area contributed by atoms with Crippen molar-refractivity contribution in [3.8, 4) is 0 Å². The van der Waals surface area contributed by atoms with Gasteiger partial charge in [-0.3, -0.25) is 9.59 Å². The van der Waals surface area contributed by atoms with Gasteiger partial charge >= 0.3 is 5.97 Å². The van der Waals surface area contributed by atoms with Gasteiger partial charge in [-0.2, -0.15) is 0 Å². The minimum atomic E-state index is -0.987. The Hall–Kier alpha value is -1.63. The highest BCUT2D eigenvalue weighted by Crippen LogP contribution is 2.21. The van der Waals surface area contributed by atoms with Gasteiger partial charge in [-0.1, -0.05) is 6.07 Å². The molecule has 1 rings (SSSR count). The highest BCUT2D eigenvalue weighted by molar-refractivity contribution is 8.00. The van der Waals surface area contributed by atoms with Crippen molar-refractivity contribution in [1.29, 1.82) is 0 Å². The third kappa shape index (κ3) is 4.48. The molecule has 1 unspecified atom stereocenters. The van der Waals surface area contributed by atoms with Crippen LogP contribution in [-0.4, -0.2) is 40.4 Å². The molecule has 0 heterocycles. The fourth-order valence-corrected chi connectivity index (χ4v) is 2.19. The van der Waals surface area contributed by atoms with Gasteiger partial charge in [0.2, 0.25) is 5.91 Å².